The maximum absolute atomic E-state index is 9.90. The molecule has 0 spiro atoms. The third-order valence-corrected chi connectivity index (χ3v) is 2.19. The Morgan fingerprint density at radius 1 is 1.16 bits per heavy atom. The van der Waals surface area contributed by atoms with Crippen LogP contribution in [0.15, 0.2) is 11.6 Å². The van der Waals surface area contributed by atoms with E-state index in [4.69, 9.17) is 30.6 Å². The maximum Gasteiger partial charge on any atom is 0.330 e. The average molecular weight is 280 g/mol. The standard InChI is InChI=1S/C6H12O6.C5H8O2/c7-1-3(9)5(11)6(12)4(10)2-8;1-3-4(2)5(6)7/h1,3-6,8-12H,2H2;3H,1-2H3,(H,6,7). The maximum atomic E-state index is 9.90. The first-order valence-corrected chi connectivity index (χ1v) is 5.37. The summed E-state index contributed by atoms with van der Waals surface area (Å²) in [6.07, 6.45) is -5.28. The second-order valence-corrected chi connectivity index (χ2v) is 3.63. The largest absolute Gasteiger partial charge is 0.478 e. The van der Waals surface area contributed by atoms with Gasteiger partial charge in [0.15, 0.2) is 6.29 Å². The van der Waals surface area contributed by atoms with E-state index >= 15 is 0 Å². The number of aliphatic hydroxyl groups is 5. The normalized spacial score (nSPS) is 17.5. The van der Waals surface area contributed by atoms with Crippen LogP contribution < -0.4 is 0 Å². The van der Waals surface area contributed by atoms with Crippen molar-refractivity contribution in [3.8, 4) is 0 Å². The van der Waals surface area contributed by atoms with Crippen LogP contribution in [0.5, 0.6) is 0 Å². The van der Waals surface area contributed by atoms with Gasteiger partial charge in [0.1, 0.15) is 24.4 Å². The van der Waals surface area contributed by atoms with Crippen molar-refractivity contribution >= 4 is 12.3 Å². The minimum absolute atomic E-state index is 0.0258. The number of aldehydes is 1. The van der Waals surface area contributed by atoms with E-state index in [1.165, 1.54) is 0 Å². The molecule has 0 heterocycles. The number of aliphatic carboxylic acids is 1. The van der Waals surface area contributed by atoms with Gasteiger partial charge < -0.3 is 35.4 Å². The van der Waals surface area contributed by atoms with Crippen LogP contribution in [0.25, 0.3) is 0 Å². The van der Waals surface area contributed by atoms with Crippen molar-refractivity contribution in [2.45, 2.75) is 38.3 Å². The lowest BCUT2D eigenvalue weighted by molar-refractivity contribution is -0.136. The van der Waals surface area contributed by atoms with Gasteiger partial charge in [0.25, 0.3) is 0 Å². The van der Waals surface area contributed by atoms with Gasteiger partial charge in [-0.25, -0.2) is 4.79 Å². The minimum Gasteiger partial charge on any atom is -0.478 e. The van der Waals surface area contributed by atoms with Gasteiger partial charge in [0, 0.05) is 5.57 Å². The molecule has 4 unspecified atom stereocenters. The van der Waals surface area contributed by atoms with Crippen LogP contribution in [0.1, 0.15) is 13.8 Å². The van der Waals surface area contributed by atoms with Gasteiger partial charge in [-0.3, -0.25) is 0 Å². The lowest BCUT2D eigenvalue weighted by Gasteiger charge is -2.22. The number of rotatable bonds is 6. The molecule has 8 heteroatoms. The first-order chi connectivity index (χ1) is 8.72. The Hall–Kier alpha value is -1.32. The number of carboxylic acids is 1. The molecule has 19 heavy (non-hydrogen) atoms. The smallest absolute Gasteiger partial charge is 0.330 e. The molecule has 0 aliphatic rings. The van der Waals surface area contributed by atoms with E-state index in [2.05, 4.69) is 0 Å². The van der Waals surface area contributed by atoms with Crippen molar-refractivity contribution in [2.24, 2.45) is 0 Å². The Morgan fingerprint density at radius 3 is 1.84 bits per heavy atom. The number of hydrogen-bond acceptors (Lipinski definition) is 7. The highest BCUT2D eigenvalue weighted by atomic mass is 16.4. The Kier molecular flexibility index (Phi) is 11.1. The van der Waals surface area contributed by atoms with E-state index in [0.29, 0.717) is 5.57 Å². The van der Waals surface area contributed by atoms with Crippen LogP contribution in [0.3, 0.4) is 0 Å². The zero-order valence-corrected chi connectivity index (χ0v) is 10.7. The molecule has 0 aromatic rings. The van der Waals surface area contributed by atoms with Crippen molar-refractivity contribution in [3.05, 3.63) is 11.6 Å². The molecule has 0 radical (unpaired) electrons. The highest BCUT2D eigenvalue weighted by molar-refractivity contribution is 5.85. The fraction of sp³-hybridized carbons (Fsp3) is 0.636. The lowest BCUT2D eigenvalue weighted by atomic mass is 10.0. The molecule has 112 valence electrons. The fourth-order valence-electron chi connectivity index (χ4n) is 0.742. The third kappa shape index (κ3) is 8.41. The molecular formula is C11H20O8. The molecule has 0 aliphatic carbocycles. The van der Waals surface area contributed by atoms with Crippen molar-refractivity contribution < 1.29 is 40.2 Å². The average Bonchev–Trinajstić information content (AvgIpc) is 2.43. The van der Waals surface area contributed by atoms with Gasteiger partial charge in [-0.05, 0) is 13.8 Å². The molecule has 0 aromatic heterocycles. The number of carbonyl (C=O) groups excluding carboxylic acids is 1. The molecule has 6 N–H and O–H groups in total. The number of carbonyl (C=O) groups is 2. The van der Waals surface area contributed by atoms with E-state index in [-0.39, 0.29) is 6.29 Å². The van der Waals surface area contributed by atoms with Crippen LogP contribution in [0.2, 0.25) is 0 Å². The summed E-state index contributed by atoms with van der Waals surface area (Å²) >= 11 is 0. The number of hydrogen-bond donors (Lipinski definition) is 6. The zero-order valence-electron chi connectivity index (χ0n) is 10.7. The summed E-state index contributed by atoms with van der Waals surface area (Å²) in [5.74, 6) is -0.845. The predicted molar refractivity (Wildman–Crippen MR) is 64.2 cm³/mol. The predicted octanol–water partition coefficient (Wildman–Crippen LogP) is -2.34. The number of allylic oxidation sites excluding steroid dienone is 1. The third-order valence-electron chi connectivity index (χ3n) is 2.19. The molecule has 0 bridgehead atoms. The van der Waals surface area contributed by atoms with Gasteiger partial charge in [0.05, 0.1) is 6.61 Å². The fourth-order valence-corrected chi connectivity index (χ4v) is 0.742. The SMILES string of the molecule is CC=C(C)C(=O)O.O=CC(O)C(O)C(O)C(O)CO. The summed E-state index contributed by atoms with van der Waals surface area (Å²) in [4.78, 5) is 19.8. The molecular weight excluding hydrogens is 260 g/mol. The van der Waals surface area contributed by atoms with Crippen molar-refractivity contribution in [2.75, 3.05) is 6.61 Å². The quantitative estimate of drug-likeness (QED) is 0.233. The zero-order chi connectivity index (χ0) is 15.6. The molecule has 0 amide bonds. The van der Waals surface area contributed by atoms with Crippen LogP contribution in [0, 0.1) is 0 Å². The minimum atomic E-state index is -1.79. The van der Waals surface area contributed by atoms with Crippen molar-refractivity contribution in [3.63, 3.8) is 0 Å². The Balaban J connectivity index is 0. The van der Waals surface area contributed by atoms with Crippen LogP contribution in [-0.4, -0.2) is 73.9 Å². The van der Waals surface area contributed by atoms with Crippen LogP contribution in [-0.2, 0) is 9.59 Å². The first kappa shape index (κ1) is 20.0. The van der Waals surface area contributed by atoms with E-state index < -0.39 is 37.0 Å². The van der Waals surface area contributed by atoms with Crippen molar-refractivity contribution in [1.29, 1.82) is 0 Å². The Labute approximate surface area is 110 Å². The van der Waals surface area contributed by atoms with Gasteiger partial charge in [-0.15, -0.1) is 0 Å². The van der Waals surface area contributed by atoms with Crippen molar-refractivity contribution in [1.82, 2.24) is 0 Å². The molecule has 0 rings (SSSR count). The number of aliphatic hydroxyl groups excluding tert-OH is 5. The second kappa shape index (κ2) is 10.6. The summed E-state index contributed by atoms with van der Waals surface area (Å²) < 4.78 is 0. The van der Waals surface area contributed by atoms with E-state index in [1.807, 2.05) is 0 Å². The molecule has 0 aromatic carbocycles. The van der Waals surface area contributed by atoms with Gasteiger partial charge >= 0.3 is 5.97 Å². The highest BCUT2D eigenvalue weighted by Crippen LogP contribution is 2.02. The molecule has 0 fully saturated rings. The van der Waals surface area contributed by atoms with Gasteiger partial charge in [0.2, 0.25) is 0 Å². The van der Waals surface area contributed by atoms with E-state index in [0.717, 1.165) is 0 Å². The Bertz CT molecular complexity index is 301. The van der Waals surface area contributed by atoms with E-state index in [1.54, 1.807) is 19.9 Å². The van der Waals surface area contributed by atoms with E-state index in [9.17, 15) is 9.59 Å². The molecule has 0 saturated heterocycles. The van der Waals surface area contributed by atoms with Crippen LogP contribution in [0.4, 0.5) is 0 Å². The monoisotopic (exact) mass is 280 g/mol. The first-order valence-electron chi connectivity index (χ1n) is 5.37. The lowest BCUT2D eigenvalue weighted by Crippen LogP contribution is -2.46. The van der Waals surface area contributed by atoms with Gasteiger partial charge in [-0.2, -0.15) is 0 Å². The molecule has 8 nitrogen and oxygen atoms in total. The summed E-state index contributed by atoms with van der Waals surface area (Å²) in [5.41, 5.74) is 0.389. The highest BCUT2D eigenvalue weighted by Gasteiger charge is 2.29. The molecule has 4 atom stereocenters. The summed E-state index contributed by atoms with van der Waals surface area (Å²) in [5, 5.41) is 51.7. The topological polar surface area (TPSA) is 156 Å². The van der Waals surface area contributed by atoms with Gasteiger partial charge in [-0.1, -0.05) is 6.08 Å². The number of carboxylic acid groups (broad SMARTS) is 1. The summed E-state index contributed by atoms with van der Waals surface area (Å²) in [7, 11) is 0. The molecule has 0 aliphatic heterocycles. The molecule has 0 saturated carbocycles. The van der Waals surface area contributed by atoms with Crippen LogP contribution >= 0.6 is 0 Å². The summed E-state index contributed by atoms with van der Waals surface area (Å²) in [6.45, 7) is 2.50. The second-order valence-electron chi connectivity index (χ2n) is 3.63. The summed E-state index contributed by atoms with van der Waals surface area (Å²) in [6, 6.07) is 0. The Morgan fingerprint density at radius 2 is 1.63 bits per heavy atom.